The summed E-state index contributed by atoms with van der Waals surface area (Å²) in [5.41, 5.74) is 2.01. The van der Waals surface area contributed by atoms with Gasteiger partial charge in [-0.3, -0.25) is 9.59 Å². The molecule has 0 spiro atoms. The Bertz CT molecular complexity index is 889. The summed E-state index contributed by atoms with van der Waals surface area (Å²) in [7, 11) is 0. The first-order valence-corrected chi connectivity index (χ1v) is 11.1. The zero-order chi connectivity index (χ0) is 22.3. The van der Waals surface area contributed by atoms with Gasteiger partial charge in [-0.1, -0.05) is 36.7 Å². The first kappa shape index (κ1) is 24.2. The van der Waals surface area contributed by atoms with Crippen LogP contribution >= 0.6 is 27.5 Å². The molecule has 0 saturated heterocycles. The predicted octanol–water partition coefficient (Wildman–Crippen LogP) is 4.99. The Morgan fingerprint density at radius 1 is 1.13 bits per heavy atom. The second-order valence-electron chi connectivity index (χ2n) is 7.40. The number of ether oxygens (including phenoxy) is 1. The molecule has 2 aromatic carbocycles. The molecule has 0 aliphatic rings. The number of hydrogen-bond donors (Lipinski definition) is 1. The lowest BCUT2D eigenvalue weighted by molar-refractivity contribution is -0.142. The summed E-state index contributed by atoms with van der Waals surface area (Å²) in [4.78, 5) is 27.1. The Kier molecular flexibility index (Phi) is 9.18. The number of rotatable bonds is 9. The molecule has 0 aliphatic carbocycles. The molecule has 0 heterocycles. The summed E-state index contributed by atoms with van der Waals surface area (Å²) >= 11 is 9.58. The van der Waals surface area contributed by atoms with Crippen LogP contribution < -0.4 is 10.1 Å². The van der Waals surface area contributed by atoms with Gasteiger partial charge in [-0.25, -0.2) is 0 Å². The summed E-state index contributed by atoms with van der Waals surface area (Å²) in [6.45, 7) is 7.63. The van der Waals surface area contributed by atoms with E-state index < -0.39 is 6.04 Å². The summed E-state index contributed by atoms with van der Waals surface area (Å²) in [5.74, 6) is 0.0873. The van der Waals surface area contributed by atoms with Crippen LogP contribution in [0.15, 0.2) is 46.9 Å². The lowest BCUT2D eigenvalue weighted by atomic mass is 10.1. The van der Waals surface area contributed by atoms with Crippen LogP contribution in [0.2, 0.25) is 5.02 Å². The number of carbonyl (C=O) groups is 2. The van der Waals surface area contributed by atoms with Crippen molar-refractivity contribution in [1.29, 1.82) is 0 Å². The second kappa shape index (κ2) is 11.4. The van der Waals surface area contributed by atoms with Gasteiger partial charge in [0, 0.05) is 17.6 Å². The maximum atomic E-state index is 13.0. The molecule has 7 heteroatoms. The fraction of sp³-hybridized carbons (Fsp3) is 0.391. The SMILES string of the molecule is CCc1ccc(OCC(=O)N(Cc2cccc(Cl)c2)[C@H](C)C(=O)NC(C)C)c(Br)c1. The molecule has 1 N–H and O–H groups in total. The van der Waals surface area contributed by atoms with E-state index >= 15 is 0 Å². The predicted molar refractivity (Wildman–Crippen MR) is 124 cm³/mol. The number of nitrogens with one attached hydrogen (secondary N) is 1. The Morgan fingerprint density at radius 3 is 2.47 bits per heavy atom. The van der Waals surface area contributed by atoms with Gasteiger partial charge in [0.15, 0.2) is 6.61 Å². The van der Waals surface area contributed by atoms with Gasteiger partial charge in [-0.15, -0.1) is 0 Å². The van der Waals surface area contributed by atoms with Crippen LogP contribution in [0.3, 0.4) is 0 Å². The molecule has 2 aromatic rings. The highest BCUT2D eigenvalue weighted by Crippen LogP contribution is 2.26. The average molecular weight is 496 g/mol. The van der Waals surface area contributed by atoms with Crippen molar-refractivity contribution < 1.29 is 14.3 Å². The van der Waals surface area contributed by atoms with E-state index in [2.05, 4.69) is 28.2 Å². The molecule has 0 fully saturated rings. The first-order valence-electron chi connectivity index (χ1n) is 9.96. The van der Waals surface area contributed by atoms with E-state index in [-0.39, 0.29) is 31.0 Å². The number of carbonyl (C=O) groups excluding carboxylic acids is 2. The van der Waals surface area contributed by atoms with Crippen molar-refractivity contribution in [3.63, 3.8) is 0 Å². The molecule has 5 nitrogen and oxygen atoms in total. The molecule has 0 unspecified atom stereocenters. The third kappa shape index (κ3) is 7.03. The maximum absolute atomic E-state index is 13.0. The molecule has 1 atom stereocenters. The largest absolute Gasteiger partial charge is 0.483 e. The molecule has 2 rings (SSSR count). The van der Waals surface area contributed by atoms with Crippen molar-refractivity contribution in [3.05, 3.63) is 63.1 Å². The highest BCUT2D eigenvalue weighted by molar-refractivity contribution is 9.10. The molecule has 0 saturated carbocycles. The number of hydrogen-bond acceptors (Lipinski definition) is 3. The average Bonchev–Trinajstić information content (AvgIpc) is 2.69. The zero-order valence-corrected chi connectivity index (χ0v) is 20.1. The van der Waals surface area contributed by atoms with Crippen molar-refractivity contribution in [2.45, 2.75) is 52.7 Å². The molecule has 30 heavy (non-hydrogen) atoms. The van der Waals surface area contributed by atoms with Gasteiger partial charge >= 0.3 is 0 Å². The molecule has 0 aromatic heterocycles. The van der Waals surface area contributed by atoms with E-state index in [9.17, 15) is 9.59 Å². The van der Waals surface area contributed by atoms with E-state index in [0.717, 1.165) is 16.5 Å². The van der Waals surface area contributed by atoms with E-state index in [1.165, 1.54) is 10.5 Å². The van der Waals surface area contributed by atoms with Crippen molar-refractivity contribution in [2.24, 2.45) is 0 Å². The van der Waals surface area contributed by atoms with Gasteiger partial charge in [0.25, 0.3) is 5.91 Å². The first-order chi connectivity index (χ1) is 14.2. The Balaban J connectivity index is 2.17. The topological polar surface area (TPSA) is 58.6 Å². The standard InChI is InChI=1S/C23H28BrClN2O3/c1-5-17-9-10-21(20(24)12-17)30-14-22(28)27(16(4)23(29)26-15(2)3)13-18-7-6-8-19(25)11-18/h6-12,15-16H,5,13-14H2,1-4H3,(H,26,29)/t16-/m1/s1. The molecule has 2 amide bonds. The number of benzene rings is 2. The number of aryl methyl sites for hydroxylation is 1. The molecular weight excluding hydrogens is 468 g/mol. The summed E-state index contributed by atoms with van der Waals surface area (Å²) in [5, 5.41) is 3.44. The van der Waals surface area contributed by atoms with E-state index in [1.54, 1.807) is 19.1 Å². The summed E-state index contributed by atoms with van der Waals surface area (Å²) < 4.78 is 6.55. The van der Waals surface area contributed by atoms with Crippen molar-refractivity contribution >= 4 is 39.3 Å². The molecule has 0 bridgehead atoms. The van der Waals surface area contributed by atoms with Crippen LogP contribution in [0.5, 0.6) is 5.75 Å². The molecular formula is C23H28BrClN2O3. The van der Waals surface area contributed by atoms with Crippen molar-refractivity contribution in [1.82, 2.24) is 10.2 Å². The second-order valence-corrected chi connectivity index (χ2v) is 8.69. The smallest absolute Gasteiger partial charge is 0.261 e. The minimum atomic E-state index is -0.659. The fourth-order valence-corrected chi connectivity index (χ4v) is 3.68. The van der Waals surface area contributed by atoms with Crippen LogP contribution in [0.1, 0.15) is 38.8 Å². The van der Waals surface area contributed by atoms with Crippen LogP contribution in [0, 0.1) is 0 Å². The van der Waals surface area contributed by atoms with Gasteiger partial charge < -0.3 is 15.0 Å². The lowest BCUT2D eigenvalue weighted by Gasteiger charge is -2.29. The fourth-order valence-electron chi connectivity index (χ4n) is 2.92. The minimum absolute atomic E-state index is 0.0210. The van der Waals surface area contributed by atoms with E-state index in [0.29, 0.717) is 10.8 Å². The van der Waals surface area contributed by atoms with Crippen molar-refractivity contribution in [2.75, 3.05) is 6.61 Å². The van der Waals surface area contributed by atoms with Crippen LogP contribution in [0.25, 0.3) is 0 Å². The monoisotopic (exact) mass is 494 g/mol. The highest BCUT2D eigenvalue weighted by atomic mass is 79.9. The molecule has 0 radical (unpaired) electrons. The van der Waals surface area contributed by atoms with Crippen LogP contribution in [-0.4, -0.2) is 35.4 Å². The number of halogens is 2. The third-order valence-corrected chi connectivity index (χ3v) is 5.45. The van der Waals surface area contributed by atoms with Crippen molar-refractivity contribution in [3.8, 4) is 5.75 Å². The molecule has 162 valence electrons. The van der Waals surface area contributed by atoms with Gasteiger partial charge in [-0.05, 0) is 78.5 Å². The maximum Gasteiger partial charge on any atom is 0.261 e. The summed E-state index contributed by atoms with van der Waals surface area (Å²) in [6, 6.07) is 12.4. The number of nitrogens with zero attached hydrogens (tertiary/aromatic N) is 1. The Labute approximate surface area is 191 Å². The Hall–Kier alpha value is -2.05. The van der Waals surface area contributed by atoms with Crippen LogP contribution in [-0.2, 0) is 22.6 Å². The lowest BCUT2D eigenvalue weighted by Crippen LogP contribution is -2.50. The minimum Gasteiger partial charge on any atom is -0.483 e. The molecule has 0 aliphatic heterocycles. The van der Waals surface area contributed by atoms with Gasteiger partial charge in [0.2, 0.25) is 5.91 Å². The van der Waals surface area contributed by atoms with E-state index in [4.69, 9.17) is 16.3 Å². The highest BCUT2D eigenvalue weighted by Gasteiger charge is 2.27. The number of amides is 2. The Morgan fingerprint density at radius 2 is 1.87 bits per heavy atom. The zero-order valence-electron chi connectivity index (χ0n) is 17.7. The quantitative estimate of drug-likeness (QED) is 0.533. The third-order valence-electron chi connectivity index (χ3n) is 4.60. The van der Waals surface area contributed by atoms with Gasteiger partial charge in [0.05, 0.1) is 4.47 Å². The van der Waals surface area contributed by atoms with E-state index in [1.807, 2.05) is 44.2 Å². The van der Waals surface area contributed by atoms with Gasteiger partial charge in [0.1, 0.15) is 11.8 Å². The normalized spacial score (nSPS) is 11.8. The van der Waals surface area contributed by atoms with Gasteiger partial charge in [-0.2, -0.15) is 0 Å². The summed E-state index contributed by atoms with van der Waals surface area (Å²) in [6.07, 6.45) is 0.910. The van der Waals surface area contributed by atoms with Crippen LogP contribution in [0.4, 0.5) is 0 Å².